The van der Waals surface area contributed by atoms with Gasteiger partial charge in [-0.3, -0.25) is 0 Å². The van der Waals surface area contributed by atoms with Crippen molar-refractivity contribution in [1.82, 2.24) is 4.98 Å². The number of aromatic nitrogens is 1. The summed E-state index contributed by atoms with van der Waals surface area (Å²) in [4.78, 5) is 6.19. The number of thiazole rings is 1. The van der Waals surface area contributed by atoms with Crippen molar-refractivity contribution in [3.05, 3.63) is 45.4 Å². The molecular formula is C15H19N3S2. The molecule has 3 nitrogen and oxygen atoms in total. The minimum absolute atomic E-state index is 0.134. The number of nitrogens with zero attached hydrogens (tertiary/aromatic N) is 1. The molecule has 5 heteroatoms. The summed E-state index contributed by atoms with van der Waals surface area (Å²) in [5.41, 5.74) is 8.82. The Labute approximate surface area is 129 Å². The number of aryl methyl sites for hydroxylation is 2. The van der Waals surface area contributed by atoms with Crippen molar-refractivity contribution in [2.24, 2.45) is 5.73 Å². The Morgan fingerprint density at radius 2 is 2.25 bits per heavy atom. The first kappa shape index (κ1) is 14.9. The third-order valence-electron chi connectivity index (χ3n) is 3.19. The van der Waals surface area contributed by atoms with Gasteiger partial charge in [0.05, 0.1) is 6.04 Å². The van der Waals surface area contributed by atoms with Crippen molar-refractivity contribution in [2.45, 2.75) is 33.2 Å². The maximum Gasteiger partial charge on any atom is 0.115 e. The molecule has 1 atom stereocenters. The Morgan fingerprint density at radius 3 is 2.85 bits per heavy atom. The molecule has 1 aromatic carbocycles. The van der Waals surface area contributed by atoms with Crippen LogP contribution >= 0.6 is 23.6 Å². The predicted molar refractivity (Wildman–Crippen MR) is 90.6 cm³/mol. The zero-order valence-electron chi connectivity index (χ0n) is 11.9. The summed E-state index contributed by atoms with van der Waals surface area (Å²) in [6.45, 7) is 6.30. The fourth-order valence-electron chi connectivity index (χ4n) is 2.03. The summed E-state index contributed by atoms with van der Waals surface area (Å²) >= 11 is 6.87. The molecule has 3 N–H and O–H groups in total. The van der Waals surface area contributed by atoms with Gasteiger partial charge in [-0.15, -0.1) is 11.3 Å². The van der Waals surface area contributed by atoms with E-state index in [-0.39, 0.29) is 6.04 Å². The number of para-hydroxylation sites is 1. The SMILES string of the molecule is CCc1cnc(C(C)Nc2c(C)cccc2C(N)=S)s1. The molecule has 0 amide bonds. The maximum atomic E-state index is 5.80. The summed E-state index contributed by atoms with van der Waals surface area (Å²) in [6.07, 6.45) is 2.97. The number of nitrogens with one attached hydrogen (secondary N) is 1. The lowest BCUT2D eigenvalue weighted by molar-refractivity contribution is 0.867. The molecule has 0 spiro atoms. The van der Waals surface area contributed by atoms with Gasteiger partial charge in [-0.1, -0.05) is 31.3 Å². The normalized spacial score (nSPS) is 12.2. The van der Waals surface area contributed by atoms with Gasteiger partial charge in [0.15, 0.2) is 0 Å². The van der Waals surface area contributed by atoms with Crippen molar-refractivity contribution >= 4 is 34.2 Å². The lowest BCUT2D eigenvalue weighted by Crippen LogP contribution is -2.16. The molecule has 2 rings (SSSR count). The van der Waals surface area contributed by atoms with E-state index < -0.39 is 0 Å². The first-order chi connectivity index (χ1) is 9.52. The number of rotatable bonds is 5. The van der Waals surface area contributed by atoms with E-state index in [1.54, 1.807) is 11.3 Å². The predicted octanol–water partition coefficient (Wildman–Crippen LogP) is 3.82. The first-order valence-electron chi connectivity index (χ1n) is 6.63. The highest BCUT2D eigenvalue weighted by Crippen LogP contribution is 2.28. The minimum atomic E-state index is 0.134. The summed E-state index contributed by atoms with van der Waals surface area (Å²) < 4.78 is 0. The number of nitrogens with two attached hydrogens (primary N) is 1. The standard InChI is InChI=1S/C15H19N3S2/c1-4-11-8-17-15(20-11)10(3)18-13-9(2)6-5-7-12(13)14(16)19/h5-8,10,18H,4H2,1-3H3,(H2,16,19). The van der Waals surface area contributed by atoms with Crippen molar-refractivity contribution in [1.29, 1.82) is 0 Å². The van der Waals surface area contributed by atoms with E-state index in [0.717, 1.165) is 28.2 Å². The Bertz CT molecular complexity index is 619. The van der Waals surface area contributed by atoms with Crippen molar-refractivity contribution in [3.63, 3.8) is 0 Å². The quantitative estimate of drug-likeness (QED) is 0.825. The van der Waals surface area contributed by atoms with Gasteiger partial charge in [-0.2, -0.15) is 0 Å². The second-order valence-corrected chi connectivity index (χ2v) is 6.33. The van der Waals surface area contributed by atoms with Gasteiger partial charge in [0.2, 0.25) is 0 Å². The molecule has 2 aromatic rings. The Kier molecular flexibility index (Phi) is 4.73. The molecule has 106 valence electrons. The van der Waals surface area contributed by atoms with Crippen LogP contribution < -0.4 is 11.1 Å². The van der Waals surface area contributed by atoms with E-state index in [2.05, 4.69) is 37.1 Å². The minimum Gasteiger partial charge on any atom is -0.389 e. The molecule has 0 saturated heterocycles. The van der Waals surface area contributed by atoms with Crippen LogP contribution in [0.25, 0.3) is 0 Å². The van der Waals surface area contributed by atoms with Crippen LogP contribution in [0.2, 0.25) is 0 Å². The fraction of sp³-hybridized carbons (Fsp3) is 0.333. The maximum absolute atomic E-state index is 5.80. The first-order valence-corrected chi connectivity index (χ1v) is 7.86. The van der Waals surface area contributed by atoms with E-state index in [4.69, 9.17) is 18.0 Å². The van der Waals surface area contributed by atoms with E-state index in [1.165, 1.54) is 4.88 Å². The molecule has 20 heavy (non-hydrogen) atoms. The van der Waals surface area contributed by atoms with Crippen LogP contribution in [-0.4, -0.2) is 9.97 Å². The molecule has 0 radical (unpaired) electrons. The summed E-state index contributed by atoms with van der Waals surface area (Å²) in [7, 11) is 0. The van der Waals surface area contributed by atoms with Gasteiger partial charge >= 0.3 is 0 Å². The van der Waals surface area contributed by atoms with Crippen LogP contribution in [0, 0.1) is 6.92 Å². The third kappa shape index (κ3) is 3.16. The molecule has 1 heterocycles. The lowest BCUT2D eigenvalue weighted by Gasteiger charge is -2.18. The monoisotopic (exact) mass is 305 g/mol. The molecular weight excluding hydrogens is 286 g/mol. The van der Waals surface area contributed by atoms with Gasteiger partial charge in [0.25, 0.3) is 0 Å². The zero-order chi connectivity index (χ0) is 14.7. The molecule has 1 unspecified atom stereocenters. The number of hydrogen-bond acceptors (Lipinski definition) is 4. The molecule has 0 aliphatic carbocycles. The van der Waals surface area contributed by atoms with Crippen LogP contribution in [0.3, 0.4) is 0 Å². The molecule has 0 saturated carbocycles. The van der Waals surface area contributed by atoms with E-state index >= 15 is 0 Å². The van der Waals surface area contributed by atoms with E-state index in [9.17, 15) is 0 Å². The number of anilines is 1. The second kappa shape index (κ2) is 6.33. The summed E-state index contributed by atoms with van der Waals surface area (Å²) in [5.74, 6) is 0. The average molecular weight is 305 g/mol. The van der Waals surface area contributed by atoms with Gasteiger partial charge < -0.3 is 11.1 Å². The number of benzene rings is 1. The van der Waals surface area contributed by atoms with Gasteiger partial charge in [-0.25, -0.2) is 4.98 Å². The van der Waals surface area contributed by atoms with Gasteiger partial charge in [-0.05, 0) is 31.9 Å². The Hall–Kier alpha value is -1.46. The highest BCUT2D eigenvalue weighted by atomic mass is 32.1. The molecule has 0 aliphatic rings. The molecule has 1 aromatic heterocycles. The van der Waals surface area contributed by atoms with Crippen LogP contribution in [0.1, 0.15) is 40.9 Å². The van der Waals surface area contributed by atoms with Crippen LogP contribution in [0.4, 0.5) is 5.69 Å². The van der Waals surface area contributed by atoms with Gasteiger partial charge in [0, 0.05) is 22.3 Å². The number of hydrogen-bond donors (Lipinski definition) is 2. The van der Waals surface area contributed by atoms with Crippen LogP contribution in [0.5, 0.6) is 0 Å². The highest BCUT2D eigenvalue weighted by molar-refractivity contribution is 7.80. The average Bonchev–Trinajstić information content (AvgIpc) is 2.89. The van der Waals surface area contributed by atoms with E-state index in [1.807, 2.05) is 18.3 Å². The van der Waals surface area contributed by atoms with Crippen molar-refractivity contribution in [3.8, 4) is 0 Å². The van der Waals surface area contributed by atoms with E-state index in [0.29, 0.717) is 4.99 Å². The Morgan fingerprint density at radius 1 is 1.50 bits per heavy atom. The summed E-state index contributed by atoms with van der Waals surface area (Å²) in [5, 5.41) is 4.58. The number of thiocarbonyl (C=S) groups is 1. The van der Waals surface area contributed by atoms with Gasteiger partial charge in [0.1, 0.15) is 10.00 Å². The molecule has 0 aliphatic heterocycles. The van der Waals surface area contributed by atoms with Crippen LogP contribution in [-0.2, 0) is 6.42 Å². The smallest absolute Gasteiger partial charge is 0.115 e. The topological polar surface area (TPSA) is 50.9 Å². The second-order valence-electron chi connectivity index (χ2n) is 4.75. The highest BCUT2D eigenvalue weighted by Gasteiger charge is 2.14. The Balaban J connectivity index is 2.27. The molecule has 0 bridgehead atoms. The lowest BCUT2D eigenvalue weighted by atomic mass is 10.1. The van der Waals surface area contributed by atoms with Crippen molar-refractivity contribution < 1.29 is 0 Å². The van der Waals surface area contributed by atoms with Crippen molar-refractivity contribution in [2.75, 3.05) is 5.32 Å². The fourth-order valence-corrected chi connectivity index (χ4v) is 3.06. The van der Waals surface area contributed by atoms with Crippen LogP contribution in [0.15, 0.2) is 24.4 Å². The zero-order valence-corrected chi connectivity index (χ0v) is 13.6. The molecule has 0 fully saturated rings. The largest absolute Gasteiger partial charge is 0.389 e. The summed E-state index contributed by atoms with van der Waals surface area (Å²) in [6, 6.07) is 6.10. The third-order valence-corrected chi connectivity index (χ3v) is 4.73.